The van der Waals surface area contributed by atoms with E-state index in [9.17, 15) is 9.90 Å². The highest BCUT2D eigenvalue weighted by Gasteiger charge is 2.23. The van der Waals surface area contributed by atoms with Crippen LogP contribution in [0, 0.1) is 0 Å². The first-order chi connectivity index (χ1) is 7.65. The Kier molecular flexibility index (Phi) is 3.25. The third kappa shape index (κ3) is 2.61. The van der Waals surface area contributed by atoms with E-state index in [1.807, 2.05) is 0 Å². The van der Waals surface area contributed by atoms with E-state index in [0.717, 1.165) is 25.2 Å². The molecule has 3 heteroatoms. The van der Waals surface area contributed by atoms with E-state index in [4.69, 9.17) is 0 Å². The number of aryl methyl sites for hydroxylation is 1. The summed E-state index contributed by atoms with van der Waals surface area (Å²) in [7, 11) is 0. The molecule has 1 saturated heterocycles. The second kappa shape index (κ2) is 4.66. The average molecular weight is 219 g/mol. The standard InChI is InChI=1S/C13H17NO2/c1-10(15)2-3-11-4-6-12(7-5-11)14-8-13(16)9-14/h4-7,13,16H,2-3,8-9H2,1H3. The number of nitrogens with zero attached hydrogens (tertiary/aromatic N) is 1. The summed E-state index contributed by atoms with van der Waals surface area (Å²) >= 11 is 0. The Balaban J connectivity index is 1.91. The molecular weight excluding hydrogens is 202 g/mol. The Labute approximate surface area is 95.7 Å². The van der Waals surface area contributed by atoms with Crippen molar-refractivity contribution in [1.29, 1.82) is 0 Å². The summed E-state index contributed by atoms with van der Waals surface area (Å²) in [5.41, 5.74) is 2.34. The van der Waals surface area contributed by atoms with Crippen LogP contribution >= 0.6 is 0 Å². The van der Waals surface area contributed by atoms with Crippen LogP contribution in [-0.4, -0.2) is 30.1 Å². The molecule has 0 aliphatic carbocycles. The first-order valence-corrected chi connectivity index (χ1v) is 5.66. The van der Waals surface area contributed by atoms with Crippen LogP contribution in [0.25, 0.3) is 0 Å². The van der Waals surface area contributed by atoms with Gasteiger partial charge in [-0.3, -0.25) is 0 Å². The minimum Gasteiger partial charge on any atom is -0.389 e. The molecule has 2 rings (SSSR count). The molecule has 0 spiro atoms. The summed E-state index contributed by atoms with van der Waals surface area (Å²) in [4.78, 5) is 13.0. The highest BCUT2D eigenvalue weighted by atomic mass is 16.3. The molecule has 1 aromatic carbocycles. The number of β-amino-alcohol motifs (C(OH)–C–C–N with tert-alkyl or cyclic N) is 1. The molecule has 0 bridgehead atoms. The molecule has 1 aliphatic heterocycles. The minimum atomic E-state index is -0.169. The monoisotopic (exact) mass is 219 g/mol. The van der Waals surface area contributed by atoms with Crippen molar-refractivity contribution in [2.75, 3.05) is 18.0 Å². The van der Waals surface area contributed by atoms with Gasteiger partial charge in [-0.25, -0.2) is 0 Å². The van der Waals surface area contributed by atoms with Crippen molar-refractivity contribution in [3.8, 4) is 0 Å². The Morgan fingerprint density at radius 3 is 2.50 bits per heavy atom. The van der Waals surface area contributed by atoms with Crippen LogP contribution in [0.5, 0.6) is 0 Å². The van der Waals surface area contributed by atoms with Crippen LogP contribution in [0.1, 0.15) is 18.9 Å². The van der Waals surface area contributed by atoms with Gasteiger partial charge in [0.25, 0.3) is 0 Å². The quantitative estimate of drug-likeness (QED) is 0.832. The predicted molar refractivity (Wildman–Crippen MR) is 63.7 cm³/mol. The van der Waals surface area contributed by atoms with Crippen molar-refractivity contribution in [3.63, 3.8) is 0 Å². The second-order valence-electron chi connectivity index (χ2n) is 4.43. The Bertz CT molecular complexity index is 366. The summed E-state index contributed by atoms with van der Waals surface area (Å²) in [6.07, 6.45) is 1.26. The fourth-order valence-electron chi connectivity index (χ4n) is 1.86. The molecule has 0 saturated carbocycles. The number of aliphatic hydroxyl groups excluding tert-OH is 1. The van der Waals surface area contributed by atoms with Crippen molar-refractivity contribution in [2.24, 2.45) is 0 Å². The first-order valence-electron chi connectivity index (χ1n) is 5.66. The number of rotatable bonds is 4. The molecule has 0 unspecified atom stereocenters. The highest BCUT2D eigenvalue weighted by Crippen LogP contribution is 2.21. The van der Waals surface area contributed by atoms with E-state index in [1.54, 1.807) is 6.92 Å². The zero-order valence-corrected chi connectivity index (χ0v) is 9.52. The molecular formula is C13H17NO2. The van der Waals surface area contributed by atoms with E-state index in [0.29, 0.717) is 6.42 Å². The summed E-state index contributed by atoms with van der Waals surface area (Å²) in [5, 5.41) is 9.20. The number of hydrogen-bond donors (Lipinski definition) is 1. The Hall–Kier alpha value is -1.35. The summed E-state index contributed by atoms with van der Waals surface area (Å²) in [6.45, 7) is 3.08. The van der Waals surface area contributed by atoms with E-state index in [-0.39, 0.29) is 11.9 Å². The lowest BCUT2D eigenvalue weighted by Crippen LogP contribution is -2.50. The zero-order chi connectivity index (χ0) is 11.5. The van der Waals surface area contributed by atoms with Crippen molar-refractivity contribution in [3.05, 3.63) is 29.8 Å². The molecule has 0 atom stereocenters. The fourth-order valence-corrected chi connectivity index (χ4v) is 1.86. The largest absolute Gasteiger partial charge is 0.389 e. The first kappa shape index (κ1) is 11.1. The van der Waals surface area contributed by atoms with Gasteiger partial charge in [0.05, 0.1) is 6.10 Å². The molecule has 86 valence electrons. The summed E-state index contributed by atoms with van der Waals surface area (Å²) in [5.74, 6) is 0.231. The van der Waals surface area contributed by atoms with Gasteiger partial charge in [0.2, 0.25) is 0 Å². The van der Waals surface area contributed by atoms with Crippen LogP contribution in [0.15, 0.2) is 24.3 Å². The van der Waals surface area contributed by atoms with Crippen LogP contribution in [-0.2, 0) is 11.2 Å². The number of carbonyl (C=O) groups is 1. The van der Waals surface area contributed by atoms with E-state index >= 15 is 0 Å². The predicted octanol–water partition coefficient (Wildman–Crippen LogP) is 1.39. The van der Waals surface area contributed by atoms with Crippen molar-refractivity contribution < 1.29 is 9.90 Å². The van der Waals surface area contributed by atoms with E-state index in [1.165, 1.54) is 5.56 Å². The lowest BCUT2D eigenvalue weighted by Gasteiger charge is -2.37. The zero-order valence-electron chi connectivity index (χ0n) is 9.52. The van der Waals surface area contributed by atoms with Crippen molar-refractivity contribution in [2.45, 2.75) is 25.9 Å². The smallest absolute Gasteiger partial charge is 0.130 e. The van der Waals surface area contributed by atoms with Crippen LogP contribution < -0.4 is 4.90 Å². The maximum atomic E-state index is 10.8. The van der Waals surface area contributed by atoms with Crippen LogP contribution in [0.3, 0.4) is 0 Å². The summed E-state index contributed by atoms with van der Waals surface area (Å²) in [6, 6.07) is 8.23. The van der Waals surface area contributed by atoms with E-state index in [2.05, 4.69) is 29.2 Å². The van der Waals surface area contributed by atoms with Crippen LogP contribution in [0.4, 0.5) is 5.69 Å². The third-order valence-corrected chi connectivity index (χ3v) is 2.93. The second-order valence-corrected chi connectivity index (χ2v) is 4.43. The number of hydrogen-bond acceptors (Lipinski definition) is 3. The number of carbonyl (C=O) groups excluding carboxylic acids is 1. The van der Waals surface area contributed by atoms with Gasteiger partial charge in [-0.05, 0) is 31.0 Å². The minimum absolute atomic E-state index is 0.169. The number of aliphatic hydroxyl groups is 1. The molecule has 1 heterocycles. The average Bonchev–Trinajstić information content (AvgIpc) is 2.23. The molecule has 0 amide bonds. The Morgan fingerprint density at radius 1 is 1.38 bits per heavy atom. The van der Waals surface area contributed by atoms with Crippen molar-refractivity contribution in [1.82, 2.24) is 0 Å². The lowest BCUT2D eigenvalue weighted by molar-refractivity contribution is -0.116. The summed E-state index contributed by atoms with van der Waals surface area (Å²) < 4.78 is 0. The van der Waals surface area contributed by atoms with Gasteiger partial charge in [0.15, 0.2) is 0 Å². The molecule has 0 radical (unpaired) electrons. The van der Waals surface area contributed by atoms with Gasteiger partial charge in [0, 0.05) is 25.2 Å². The molecule has 1 N–H and O–H groups in total. The highest BCUT2D eigenvalue weighted by molar-refractivity contribution is 5.75. The van der Waals surface area contributed by atoms with Gasteiger partial charge in [-0.1, -0.05) is 12.1 Å². The van der Waals surface area contributed by atoms with Crippen LogP contribution in [0.2, 0.25) is 0 Å². The fraction of sp³-hybridized carbons (Fsp3) is 0.462. The number of anilines is 1. The van der Waals surface area contributed by atoms with Gasteiger partial charge in [-0.2, -0.15) is 0 Å². The lowest BCUT2D eigenvalue weighted by atomic mass is 10.1. The Morgan fingerprint density at radius 2 is 2.00 bits per heavy atom. The molecule has 1 aliphatic rings. The van der Waals surface area contributed by atoms with E-state index < -0.39 is 0 Å². The molecule has 16 heavy (non-hydrogen) atoms. The van der Waals surface area contributed by atoms with Gasteiger partial charge < -0.3 is 14.8 Å². The van der Waals surface area contributed by atoms with Crippen molar-refractivity contribution >= 4 is 11.5 Å². The molecule has 1 aromatic rings. The topological polar surface area (TPSA) is 40.5 Å². The normalized spacial score (nSPS) is 16.0. The SMILES string of the molecule is CC(=O)CCc1ccc(N2CC(O)C2)cc1. The maximum absolute atomic E-state index is 10.8. The van der Waals surface area contributed by atoms with Gasteiger partial charge in [-0.15, -0.1) is 0 Å². The molecule has 1 fully saturated rings. The number of ketones is 1. The third-order valence-electron chi connectivity index (χ3n) is 2.93. The molecule has 3 nitrogen and oxygen atoms in total. The van der Waals surface area contributed by atoms with Gasteiger partial charge in [0.1, 0.15) is 5.78 Å². The van der Waals surface area contributed by atoms with Gasteiger partial charge >= 0.3 is 0 Å². The maximum Gasteiger partial charge on any atom is 0.130 e. The molecule has 0 aromatic heterocycles. The number of Topliss-reactive ketones (excluding diaryl/α,β-unsaturated/α-hetero) is 1. The number of benzene rings is 1.